The summed E-state index contributed by atoms with van der Waals surface area (Å²) in [4.78, 5) is 16.8. The van der Waals surface area contributed by atoms with Crippen LogP contribution in [0.2, 0.25) is 10.0 Å². The second-order valence-corrected chi connectivity index (χ2v) is 9.03. The first-order chi connectivity index (χ1) is 17.2. The highest BCUT2D eigenvalue weighted by molar-refractivity contribution is 6.33. The van der Waals surface area contributed by atoms with Crippen LogP contribution >= 0.6 is 23.2 Å². The minimum absolute atomic E-state index is 0.0552. The SMILES string of the molecule is CCOC(=O)c1nc(C2=C(c3cc(Cl)ccc3OCc3ccc(C(F)(F)F)cc3)CCC2)ccc1Cl. The third-order valence-corrected chi connectivity index (χ3v) is 6.32. The average molecular weight is 536 g/mol. The zero-order valence-corrected chi connectivity index (χ0v) is 20.8. The summed E-state index contributed by atoms with van der Waals surface area (Å²) in [5.41, 5.74) is 3.25. The molecule has 0 N–H and O–H groups in total. The molecule has 0 saturated carbocycles. The quantitative estimate of drug-likeness (QED) is 0.285. The molecule has 0 amide bonds. The molecular weight excluding hydrogens is 514 g/mol. The van der Waals surface area contributed by atoms with Crippen LogP contribution < -0.4 is 4.74 Å². The van der Waals surface area contributed by atoms with Crippen molar-refractivity contribution in [3.63, 3.8) is 0 Å². The number of nitrogens with zero attached hydrogens (tertiary/aromatic N) is 1. The van der Waals surface area contributed by atoms with E-state index in [1.165, 1.54) is 12.1 Å². The Morgan fingerprint density at radius 3 is 2.42 bits per heavy atom. The lowest BCUT2D eigenvalue weighted by Crippen LogP contribution is -2.09. The fourth-order valence-corrected chi connectivity index (χ4v) is 4.45. The van der Waals surface area contributed by atoms with Crippen molar-refractivity contribution in [2.45, 2.75) is 39.0 Å². The Balaban J connectivity index is 1.66. The summed E-state index contributed by atoms with van der Waals surface area (Å²) in [6, 6.07) is 13.5. The topological polar surface area (TPSA) is 48.4 Å². The molecule has 1 aliphatic rings. The van der Waals surface area contributed by atoms with Crippen LogP contribution in [0.25, 0.3) is 11.1 Å². The second kappa shape index (κ2) is 10.9. The molecule has 0 atom stereocenters. The summed E-state index contributed by atoms with van der Waals surface area (Å²) in [5.74, 6) is -0.0407. The first-order valence-electron chi connectivity index (χ1n) is 11.3. The molecule has 1 heterocycles. The number of aromatic nitrogens is 1. The number of allylic oxidation sites excluding steroid dienone is 2. The zero-order chi connectivity index (χ0) is 25.9. The Morgan fingerprint density at radius 2 is 1.72 bits per heavy atom. The first kappa shape index (κ1) is 26.0. The molecule has 0 bridgehead atoms. The molecule has 0 radical (unpaired) electrons. The van der Waals surface area contributed by atoms with E-state index in [4.69, 9.17) is 32.7 Å². The number of hydrogen-bond acceptors (Lipinski definition) is 4. The Hall–Kier alpha value is -3.03. The van der Waals surface area contributed by atoms with Gasteiger partial charge in [-0.3, -0.25) is 0 Å². The summed E-state index contributed by atoms with van der Waals surface area (Å²) in [6.45, 7) is 2.00. The van der Waals surface area contributed by atoms with Crippen LogP contribution in [0.4, 0.5) is 13.2 Å². The molecule has 0 fully saturated rings. The molecule has 4 nitrogen and oxygen atoms in total. The van der Waals surface area contributed by atoms with Gasteiger partial charge >= 0.3 is 12.1 Å². The molecule has 0 unspecified atom stereocenters. The lowest BCUT2D eigenvalue weighted by Gasteiger charge is -2.16. The van der Waals surface area contributed by atoms with Crippen LogP contribution in [0.5, 0.6) is 5.75 Å². The molecule has 1 aromatic heterocycles. The Kier molecular flexibility index (Phi) is 7.91. The highest BCUT2D eigenvalue weighted by Crippen LogP contribution is 2.43. The van der Waals surface area contributed by atoms with Crippen LogP contribution in [-0.2, 0) is 17.5 Å². The summed E-state index contributed by atoms with van der Waals surface area (Å²) >= 11 is 12.5. The fraction of sp³-hybridized carbons (Fsp3) is 0.259. The van der Waals surface area contributed by atoms with Crippen LogP contribution in [0, 0.1) is 0 Å². The van der Waals surface area contributed by atoms with Gasteiger partial charge in [0.25, 0.3) is 0 Å². The Morgan fingerprint density at radius 1 is 1.00 bits per heavy atom. The third-order valence-electron chi connectivity index (χ3n) is 5.78. The van der Waals surface area contributed by atoms with Crippen molar-refractivity contribution in [2.24, 2.45) is 0 Å². The molecule has 0 aliphatic heterocycles. The Labute approximate surface area is 216 Å². The van der Waals surface area contributed by atoms with Gasteiger partial charge in [-0.2, -0.15) is 13.2 Å². The van der Waals surface area contributed by atoms with E-state index in [1.807, 2.05) is 0 Å². The first-order valence-corrected chi connectivity index (χ1v) is 12.1. The van der Waals surface area contributed by atoms with Crippen molar-refractivity contribution < 1.29 is 27.4 Å². The van der Waals surface area contributed by atoms with Gasteiger partial charge in [0.05, 0.1) is 22.9 Å². The van der Waals surface area contributed by atoms with Crippen molar-refractivity contribution in [2.75, 3.05) is 6.61 Å². The van der Waals surface area contributed by atoms with E-state index in [1.54, 1.807) is 37.3 Å². The minimum atomic E-state index is -4.39. The van der Waals surface area contributed by atoms with Gasteiger partial charge in [0.15, 0.2) is 5.69 Å². The maximum atomic E-state index is 12.9. The van der Waals surface area contributed by atoms with Crippen LogP contribution in [0.15, 0.2) is 54.6 Å². The highest BCUT2D eigenvalue weighted by Gasteiger charge is 2.30. The van der Waals surface area contributed by atoms with Gasteiger partial charge in [-0.15, -0.1) is 0 Å². The molecule has 0 spiro atoms. The summed E-state index contributed by atoms with van der Waals surface area (Å²) in [7, 11) is 0. The number of esters is 1. The number of carbonyl (C=O) groups is 1. The van der Waals surface area contributed by atoms with Gasteiger partial charge in [-0.25, -0.2) is 9.78 Å². The molecule has 2 aromatic carbocycles. The third kappa shape index (κ3) is 5.85. The Bertz CT molecular complexity index is 1300. The maximum absolute atomic E-state index is 12.9. The van der Waals surface area contributed by atoms with Gasteiger partial charge in [-0.05, 0) is 85.4 Å². The van der Waals surface area contributed by atoms with Gasteiger partial charge in [0.1, 0.15) is 12.4 Å². The van der Waals surface area contributed by atoms with Crippen LogP contribution in [0.3, 0.4) is 0 Å². The molecule has 36 heavy (non-hydrogen) atoms. The van der Waals surface area contributed by atoms with E-state index in [-0.39, 0.29) is 23.9 Å². The van der Waals surface area contributed by atoms with Crippen molar-refractivity contribution in [3.05, 3.63) is 92.7 Å². The minimum Gasteiger partial charge on any atom is -0.488 e. The number of rotatable bonds is 7. The molecule has 1 aliphatic carbocycles. The highest BCUT2D eigenvalue weighted by atomic mass is 35.5. The van der Waals surface area contributed by atoms with Crippen LogP contribution in [0.1, 0.15) is 59.1 Å². The number of hydrogen-bond donors (Lipinski definition) is 0. The van der Waals surface area contributed by atoms with E-state index < -0.39 is 17.7 Å². The number of ether oxygens (including phenoxy) is 2. The predicted octanol–water partition coefficient (Wildman–Crippen LogP) is 8.26. The largest absolute Gasteiger partial charge is 0.488 e. The normalized spacial score (nSPS) is 13.7. The zero-order valence-electron chi connectivity index (χ0n) is 19.3. The van der Waals surface area contributed by atoms with Crippen molar-refractivity contribution in [3.8, 4) is 5.75 Å². The summed E-state index contributed by atoms with van der Waals surface area (Å²) in [5, 5.41) is 0.725. The van der Waals surface area contributed by atoms with Crippen molar-refractivity contribution in [1.82, 2.24) is 4.98 Å². The van der Waals surface area contributed by atoms with Gasteiger partial charge in [-0.1, -0.05) is 35.3 Å². The predicted molar refractivity (Wildman–Crippen MR) is 133 cm³/mol. The fourth-order valence-electron chi connectivity index (χ4n) is 4.09. The van der Waals surface area contributed by atoms with E-state index in [2.05, 4.69) is 4.98 Å². The van der Waals surface area contributed by atoms with Crippen molar-refractivity contribution >= 4 is 40.3 Å². The smallest absolute Gasteiger partial charge is 0.416 e. The number of alkyl halides is 3. The number of pyridine rings is 1. The van der Waals surface area contributed by atoms with E-state index in [0.29, 0.717) is 22.0 Å². The number of benzene rings is 2. The summed E-state index contributed by atoms with van der Waals surface area (Å²) in [6.07, 6.45) is -2.05. The van der Waals surface area contributed by atoms with Crippen molar-refractivity contribution in [1.29, 1.82) is 0 Å². The molecule has 0 saturated heterocycles. The molecule has 188 valence electrons. The number of halogens is 5. The van der Waals surface area contributed by atoms with E-state index >= 15 is 0 Å². The molecule has 4 rings (SSSR count). The standard InChI is InChI=1S/C27H22Cl2F3NO3/c1-2-35-26(34)25-22(29)11-12-23(33-25)20-5-3-4-19(20)21-14-18(28)10-13-24(21)36-15-16-6-8-17(9-7-16)27(30,31)32/h6-14H,2-5,15H2,1H3. The van der Waals surface area contributed by atoms with Crippen LogP contribution in [-0.4, -0.2) is 17.6 Å². The number of carbonyl (C=O) groups excluding carboxylic acids is 1. The van der Waals surface area contributed by atoms with E-state index in [9.17, 15) is 18.0 Å². The molecular formula is C27H22Cl2F3NO3. The second-order valence-electron chi connectivity index (χ2n) is 8.18. The summed E-state index contributed by atoms with van der Waals surface area (Å²) < 4.78 is 49.7. The lowest BCUT2D eigenvalue weighted by atomic mass is 9.98. The average Bonchev–Trinajstić information content (AvgIpc) is 3.33. The van der Waals surface area contributed by atoms with Gasteiger partial charge in [0, 0.05) is 10.6 Å². The van der Waals surface area contributed by atoms with Gasteiger partial charge < -0.3 is 9.47 Å². The van der Waals surface area contributed by atoms with E-state index in [0.717, 1.165) is 48.1 Å². The lowest BCUT2D eigenvalue weighted by molar-refractivity contribution is -0.137. The van der Waals surface area contributed by atoms with Gasteiger partial charge in [0.2, 0.25) is 0 Å². The monoisotopic (exact) mass is 535 g/mol. The maximum Gasteiger partial charge on any atom is 0.416 e. The molecule has 9 heteroatoms. The molecule has 3 aromatic rings.